The van der Waals surface area contributed by atoms with Crippen LogP contribution in [0.15, 0.2) is 58.5 Å². The average molecular weight is 525 g/mol. The normalized spacial score (nSPS) is 13.5. The summed E-state index contributed by atoms with van der Waals surface area (Å²) < 4.78 is 20.8. The van der Waals surface area contributed by atoms with E-state index in [4.69, 9.17) is 9.72 Å². The van der Waals surface area contributed by atoms with Gasteiger partial charge in [-0.1, -0.05) is 30.8 Å². The number of rotatable bonds is 7. The largest absolute Gasteiger partial charge is 0.497 e. The monoisotopic (exact) mass is 524 g/mol. The van der Waals surface area contributed by atoms with Gasteiger partial charge in [0.15, 0.2) is 5.16 Å². The van der Waals surface area contributed by atoms with Gasteiger partial charge in [0.25, 0.3) is 5.56 Å². The SMILES string of the molecule is CCN1CCc2c(sc3nc(SCC(=O)Nc4ccccc4F)n(-c4ccc(OC)cc4)c(=O)c23)C1. The zero-order valence-corrected chi connectivity index (χ0v) is 21.5. The van der Waals surface area contributed by atoms with E-state index in [1.54, 1.807) is 59.4 Å². The maximum Gasteiger partial charge on any atom is 0.267 e. The molecular weight excluding hydrogens is 499 g/mol. The third-order valence-electron chi connectivity index (χ3n) is 6.18. The first-order chi connectivity index (χ1) is 17.5. The number of thiophene rings is 1. The van der Waals surface area contributed by atoms with Crippen LogP contribution in [0.1, 0.15) is 17.4 Å². The van der Waals surface area contributed by atoms with Gasteiger partial charge in [-0.25, -0.2) is 9.37 Å². The molecule has 1 aliphatic rings. The number of ether oxygens (including phenoxy) is 1. The van der Waals surface area contributed by atoms with Crippen molar-refractivity contribution in [1.82, 2.24) is 14.5 Å². The molecule has 0 radical (unpaired) electrons. The Labute approximate surface area is 215 Å². The first kappa shape index (κ1) is 24.5. The van der Waals surface area contributed by atoms with Crippen molar-refractivity contribution in [3.63, 3.8) is 0 Å². The quantitative estimate of drug-likeness (QED) is 0.279. The van der Waals surface area contributed by atoms with Crippen LogP contribution in [0.2, 0.25) is 0 Å². The van der Waals surface area contributed by atoms with Crippen molar-refractivity contribution >= 4 is 44.9 Å². The lowest BCUT2D eigenvalue weighted by Crippen LogP contribution is -2.30. The van der Waals surface area contributed by atoms with Crippen LogP contribution >= 0.6 is 23.1 Å². The fraction of sp³-hybridized carbons (Fsp3) is 0.269. The number of likely N-dealkylation sites (N-methyl/N-ethyl adjacent to an activating group) is 1. The minimum atomic E-state index is -0.504. The minimum absolute atomic E-state index is 0.0306. The van der Waals surface area contributed by atoms with Crippen molar-refractivity contribution in [2.24, 2.45) is 0 Å². The summed E-state index contributed by atoms with van der Waals surface area (Å²) in [6.45, 7) is 4.80. The standard InChI is InChI=1S/C26H25FN4O3S2/c1-3-30-13-12-18-21(14-30)36-24-23(18)25(33)31(16-8-10-17(34-2)11-9-16)26(29-24)35-15-22(32)28-20-7-5-4-6-19(20)27/h4-11H,3,12-15H2,1-2H3,(H,28,32). The lowest BCUT2D eigenvalue weighted by atomic mass is 10.1. The van der Waals surface area contributed by atoms with E-state index in [-0.39, 0.29) is 22.9 Å². The summed E-state index contributed by atoms with van der Waals surface area (Å²) >= 11 is 2.69. The molecule has 2 aromatic carbocycles. The number of anilines is 1. The molecule has 186 valence electrons. The van der Waals surface area contributed by atoms with Crippen molar-refractivity contribution in [3.8, 4) is 11.4 Å². The van der Waals surface area contributed by atoms with Gasteiger partial charge >= 0.3 is 0 Å². The van der Waals surface area contributed by atoms with E-state index in [0.717, 1.165) is 43.4 Å². The van der Waals surface area contributed by atoms with E-state index < -0.39 is 5.82 Å². The number of carbonyl (C=O) groups is 1. The van der Waals surface area contributed by atoms with Gasteiger partial charge in [-0.15, -0.1) is 11.3 Å². The molecule has 0 bridgehead atoms. The van der Waals surface area contributed by atoms with E-state index in [9.17, 15) is 14.0 Å². The smallest absolute Gasteiger partial charge is 0.267 e. The van der Waals surface area contributed by atoms with Crippen LogP contribution in [0.4, 0.5) is 10.1 Å². The fourth-order valence-corrected chi connectivity index (χ4v) is 6.40. The molecule has 36 heavy (non-hydrogen) atoms. The first-order valence-corrected chi connectivity index (χ1v) is 13.4. The summed E-state index contributed by atoms with van der Waals surface area (Å²) in [6, 6.07) is 13.2. The maximum atomic E-state index is 14.0. The van der Waals surface area contributed by atoms with Crippen LogP contribution in [0, 0.1) is 5.82 Å². The number of halogens is 1. The second-order valence-electron chi connectivity index (χ2n) is 8.35. The van der Waals surface area contributed by atoms with E-state index in [0.29, 0.717) is 26.8 Å². The number of hydrogen-bond acceptors (Lipinski definition) is 7. The number of carbonyl (C=O) groups excluding carboxylic acids is 1. The number of nitrogens with zero attached hydrogens (tertiary/aromatic N) is 3. The summed E-state index contributed by atoms with van der Waals surface area (Å²) in [5.74, 6) is -0.246. The number of benzene rings is 2. The van der Waals surface area contributed by atoms with Gasteiger partial charge in [-0.3, -0.25) is 19.1 Å². The van der Waals surface area contributed by atoms with Crippen molar-refractivity contribution in [3.05, 3.63) is 75.1 Å². The summed E-state index contributed by atoms with van der Waals surface area (Å²) in [7, 11) is 1.58. The highest BCUT2D eigenvalue weighted by Crippen LogP contribution is 2.34. The summed E-state index contributed by atoms with van der Waals surface area (Å²) in [6.07, 6.45) is 0.806. The predicted octanol–water partition coefficient (Wildman–Crippen LogP) is 4.70. The topological polar surface area (TPSA) is 76.5 Å². The van der Waals surface area contributed by atoms with Crippen molar-refractivity contribution < 1.29 is 13.9 Å². The number of hydrogen-bond donors (Lipinski definition) is 1. The van der Waals surface area contributed by atoms with Crippen LogP contribution in [-0.4, -0.2) is 46.3 Å². The first-order valence-electron chi connectivity index (χ1n) is 11.6. The number of nitrogens with one attached hydrogen (secondary N) is 1. The number of thioether (sulfide) groups is 1. The Balaban J connectivity index is 1.53. The predicted molar refractivity (Wildman–Crippen MR) is 142 cm³/mol. The van der Waals surface area contributed by atoms with Gasteiger partial charge in [-0.2, -0.15) is 0 Å². The number of aromatic nitrogens is 2. The molecule has 1 amide bonds. The Bertz CT molecular complexity index is 1480. The van der Waals surface area contributed by atoms with Gasteiger partial charge in [0.2, 0.25) is 5.91 Å². The lowest BCUT2D eigenvalue weighted by Gasteiger charge is -2.25. The van der Waals surface area contributed by atoms with Crippen LogP contribution in [0.5, 0.6) is 5.75 Å². The molecule has 7 nitrogen and oxygen atoms in total. The molecule has 10 heteroatoms. The maximum absolute atomic E-state index is 14.0. The number of methoxy groups -OCH3 is 1. The van der Waals surface area contributed by atoms with Crippen LogP contribution in [0.25, 0.3) is 15.9 Å². The Kier molecular flexibility index (Phi) is 7.08. The molecule has 1 aliphatic heterocycles. The zero-order valence-electron chi connectivity index (χ0n) is 19.9. The van der Waals surface area contributed by atoms with E-state index in [1.807, 2.05) is 0 Å². The summed E-state index contributed by atoms with van der Waals surface area (Å²) in [4.78, 5) is 35.6. The van der Waals surface area contributed by atoms with E-state index >= 15 is 0 Å². The van der Waals surface area contributed by atoms with Crippen molar-refractivity contribution in [2.75, 3.05) is 31.3 Å². The third-order valence-corrected chi connectivity index (χ3v) is 8.23. The fourth-order valence-electron chi connectivity index (χ4n) is 4.28. The molecule has 0 spiro atoms. The molecule has 0 atom stereocenters. The Hall–Kier alpha value is -3.21. The molecule has 3 heterocycles. The Morgan fingerprint density at radius 1 is 1.22 bits per heavy atom. The van der Waals surface area contributed by atoms with Gasteiger partial charge < -0.3 is 10.1 Å². The number of fused-ring (bicyclic) bond motifs is 3. The number of para-hydroxylation sites is 1. The van der Waals surface area contributed by atoms with Crippen LogP contribution < -0.4 is 15.6 Å². The molecule has 2 aromatic heterocycles. The highest BCUT2D eigenvalue weighted by Gasteiger charge is 2.25. The molecule has 0 aliphatic carbocycles. The van der Waals surface area contributed by atoms with E-state index in [2.05, 4.69) is 17.1 Å². The summed E-state index contributed by atoms with van der Waals surface area (Å²) in [5, 5.41) is 3.65. The highest BCUT2D eigenvalue weighted by molar-refractivity contribution is 7.99. The molecular formula is C26H25FN4O3S2. The molecule has 0 saturated carbocycles. The van der Waals surface area contributed by atoms with Crippen molar-refractivity contribution in [1.29, 1.82) is 0 Å². The molecule has 4 aromatic rings. The lowest BCUT2D eigenvalue weighted by molar-refractivity contribution is -0.113. The van der Waals surface area contributed by atoms with Crippen molar-refractivity contribution in [2.45, 2.75) is 25.0 Å². The zero-order chi connectivity index (χ0) is 25.2. The van der Waals surface area contributed by atoms with Gasteiger partial charge in [0.05, 0.1) is 29.6 Å². The molecule has 0 fully saturated rings. The number of amides is 1. The second-order valence-corrected chi connectivity index (χ2v) is 10.4. The average Bonchev–Trinajstić information content (AvgIpc) is 3.26. The Morgan fingerprint density at radius 3 is 2.72 bits per heavy atom. The minimum Gasteiger partial charge on any atom is -0.497 e. The van der Waals surface area contributed by atoms with E-state index in [1.165, 1.54) is 17.0 Å². The van der Waals surface area contributed by atoms with Crippen LogP contribution in [-0.2, 0) is 17.8 Å². The molecule has 1 N–H and O–H groups in total. The molecule has 0 unspecified atom stereocenters. The Morgan fingerprint density at radius 2 is 2.00 bits per heavy atom. The van der Waals surface area contributed by atoms with Gasteiger partial charge in [0, 0.05) is 18.0 Å². The summed E-state index contributed by atoms with van der Waals surface area (Å²) in [5.41, 5.74) is 1.68. The molecule has 5 rings (SSSR count). The third kappa shape index (κ3) is 4.76. The highest BCUT2D eigenvalue weighted by atomic mass is 32.2. The van der Waals surface area contributed by atoms with Gasteiger partial charge in [0.1, 0.15) is 16.4 Å². The molecule has 0 saturated heterocycles. The van der Waals surface area contributed by atoms with Gasteiger partial charge in [-0.05, 0) is 54.9 Å². The van der Waals surface area contributed by atoms with Crippen LogP contribution in [0.3, 0.4) is 0 Å². The second kappa shape index (κ2) is 10.4.